The third-order valence-electron chi connectivity index (χ3n) is 18.8. The summed E-state index contributed by atoms with van der Waals surface area (Å²) in [6.07, 6.45) is 14.4. The Labute approximate surface area is 627 Å². The molecule has 1 amide bonds. The first-order valence-electron chi connectivity index (χ1n) is 35.8. The normalized spacial score (nSPS) is 15.8. The van der Waals surface area contributed by atoms with Gasteiger partial charge in [-0.3, -0.25) is 19.9 Å². The monoisotopic (exact) mass is 1520 g/mol. The lowest BCUT2D eigenvalue weighted by atomic mass is 10.0. The number of anilines is 4. The molecular weight excluding hydrogens is 1410 g/mol. The standard InChI is InChI=1S/C17H23N3O2S.C16H22N4O2S.C16H21N3.C12H19N3O4S.C11H10ClN.C5H12N2/c1-13-11-15-16(12-14(13)2)18-6-5-17(15)19-7-4-8-20(10-9-19)23(3,21)22;1-12-10-14-15(11-13(12)2)18-5-4-16(14)19-6-3-7-20(9-8-19)23(17,21)22;1-12-10-14-15(11-13(12)2)18-6-4-16(14)19-8-3-5-17-7-9-19;1-12(2,3)19-11(16)13-20(17,18)15-8-6-10(7-9-15)14(4)5;1-7-5-9-10(12)3-4-13-11(9)6-8(7)2;1-2-6-4-5-7-3-1/h5-6,11-12H,4,7-10H2,1-3H3;4-5,10-11H,3,6-9H2,1-2H3,(H2,17,21,22);4,6,10-11,17H,3,5,7-9H2,1-2H3;6-9H,1-5H3;3-6H,1-2H3;6-7H,1-5H2/p+1. The van der Waals surface area contributed by atoms with E-state index in [9.17, 15) is 30.0 Å². The zero-order valence-electron chi connectivity index (χ0n) is 63.6. The molecule has 0 radical (unpaired) electrons. The van der Waals surface area contributed by atoms with Crippen molar-refractivity contribution in [2.75, 3.05) is 145 Å². The number of amides is 1. The van der Waals surface area contributed by atoms with Gasteiger partial charge in [0.2, 0.25) is 10.0 Å². The molecule has 0 aliphatic carbocycles. The number of carbonyl (C=O) groups is 1. The number of sulfonamides is 1. The summed E-state index contributed by atoms with van der Waals surface area (Å²) in [6, 6.07) is 28.5. The zero-order valence-corrected chi connectivity index (χ0v) is 66.8. The molecule has 0 unspecified atom stereocenters. The molecule has 28 heteroatoms. The third-order valence-corrected chi connectivity index (χ3v) is 22.7. The summed E-state index contributed by atoms with van der Waals surface area (Å²) < 4.78 is 81.1. The fourth-order valence-electron chi connectivity index (χ4n) is 12.4. The third kappa shape index (κ3) is 24.0. The molecule has 4 aliphatic heterocycles. The minimum atomic E-state index is -4.00. The summed E-state index contributed by atoms with van der Waals surface area (Å²) in [5.41, 5.74) is 17.8. The van der Waals surface area contributed by atoms with Gasteiger partial charge in [0.1, 0.15) is 5.60 Å². The van der Waals surface area contributed by atoms with E-state index in [2.05, 4.69) is 161 Å². The second kappa shape index (κ2) is 37.5. The lowest BCUT2D eigenvalue weighted by Crippen LogP contribution is -2.52. The average molecular weight is 1520 g/mol. The van der Waals surface area contributed by atoms with Crippen LogP contribution in [0.25, 0.3) is 43.6 Å². The van der Waals surface area contributed by atoms with E-state index in [1.54, 1.807) is 43.4 Å². The fourth-order valence-corrected chi connectivity index (χ4v) is 15.0. The minimum absolute atomic E-state index is 0.410. The largest absolute Gasteiger partial charge is 0.474 e. The van der Waals surface area contributed by atoms with Gasteiger partial charge in [0.15, 0.2) is 12.4 Å². The van der Waals surface area contributed by atoms with E-state index in [0.29, 0.717) is 39.3 Å². The van der Waals surface area contributed by atoms with Crippen LogP contribution in [0.2, 0.25) is 5.02 Å². The Balaban J connectivity index is 0.000000163. The van der Waals surface area contributed by atoms with Gasteiger partial charge >= 0.3 is 16.3 Å². The van der Waals surface area contributed by atoms with Crippen LogP contribution in [0.1, 0.15) is 91.0 Å². The number of nitrogens with one attached hydrogen (secondary N) is 4. The Hall–Kier alpha value is -7.96. The first-order chi connectivity index (χ1) is 49.7. The molecule has 24 nitrogen and oxygen atoms in total. The number of rotatable bonds is 8. The molecule has 0 bridgehead atoms. The number of nitrogens with zero attached hydrogens (tertiary/aromatic N) is 11. The van der Waals surface area contributed by atoms with E-state index in [4.69, 9.17) is 21.5 Å². The fraction of sp³-hybridized carbons (Fsp3) is 0.455. The van der Waals surface area contributed by atoms with Gasteiger partial charge in [0, 0.05) is 180 Å². The lowest BCUT2D eigenvalue weighted by Gasteiger charge is -2.24. The van der Waals surface area contributed by atoms with Crippen molar-refractivity contribution >= 4 is 114 Å². The van der Waals surface area contributed by atoms with E-state index in [1.165, 1.54) is 104 Å². The molecule has 9 heterocycles. The highest BCUT2D eigenvalue weighted by Crippen LogP contribution is 2.32. The maximum Gasteiger partial charge on any atom is 0.474 e. The van der Waals surface area contributed by atoms with Crippen molar-refractivity contribution in [1.29, 1.82) is 0 Å². The molecule has 0 saturated carbocycles. The molecule has 4 saturated heterocycles. The predicted molar refractivity (Wildman–Crippen MR) is 429 cm³/mol. The van der Waals surface area contributed by atoms with Gasteiger partial charge < -0.3 is 40.3 Å². The first kappa shape index (κ1) is 82.7. The molecule has 6 N–H and O–H groups in total. The van der Waals surface area contributed by atoms with E-state index in [1.807, 2.05) is 60.5 Å². The van der Waals surface area contributed by atoms with Gasteiger partial charge in [-0.25, -0.2) is 22.7 Å². The maximum absolute atomic E-state index is 11.9. The molecule has 568 valence electrons. The van der Waals surface area contributed by atoms with Crippen LogP contribution in [0, 0.1) is 55.4 Å². The number of hydrogen-bond donors (Lipinski definition) is 5. The molecule has 9 aromatic rings. The second-order valence-electron chi connectivity index (χ2n) is 28.2. The first-order valence-corrected chi connectivity index (χ1v) is 41.0. The summed E-state index contributed by atoms with van der Waals surface area (Å²) in [6.45, 7) is 35.9. The molecule has 0 spiro atoms. The van der Waals surface area contributed by atoms with Gasteiger partial charge in [0.05, 0.1) is 33.3 Å². The van der Waals surface area contributed by atoms with E-state index in [0.717, 1.165) is 129 Å². The smallest absolute Gasteiger partial charge is 0.443 e. The Kier molecular flexibility index (Phi) is 29.6. The van der Waals surface area contributed by atoms with Crippen LogP contribution in [0.15, 0.2) is 122 Å². The van der Waals surface area contributed by atoms with Crippen LogP contribution >= 0.6 is 11.6 Å². The van der Waals surface area contributed by atoms with Crippen LogP contribution in [0.3, 0.4) is 0 Å². The summed E-state index contributed by atoms with van der Waals surface area (Å²) in [4.78, 5) is 38.0. The van der Waals surface area contributed by atoms with Crippen LogP contribution in [-0.4, -0.2) is 191 Å². The number of carbonyl (C=O) groups excluding carboxylic acids is 1. The van der Waals surface area contributed by atoms with Crippen LogP contribution in [0.4, 0.5) is 27.5 Å². The number of hydrogen-bond acceptors (Lipinski definition) is 19. The number of aromatic nitrogens is 5. The predicted octanol–water partition coefficient (Wildman–Crippen LogP) is 10.3. The van der Waals surface area contributed by atoms with Gasteiger partial charge in [-0.15, -0.1) is 8.42 Å². The molecule has 0 atom stereocenters. The van der Waals surface area contributed by atoms with Crippen molar-refractivity contribution in [1.82, 2.24) is 49.2 Å². The number of aryl methyl sites for hydroxylation is 8. The van der Waals surface area contributed by atoms with Gasteiger partial charge in [-0.1, -0.05) is 15.6 Å². The summed E-state index contributed by atoms with van der Waals surface area (Å²) in [5, 5.41) is 20.6. The van der Waals surface area contributed by atoms with Gasteiger partial charge in [0.25, 0.3) is 10.2 Å². The van der Waals surface area contributed by atoms with E-state index < -0.39 is 42.1 Å². The maximum atomic E-state index is 11.9. The molecule has 4 fully saturated rings. The number of ether oxygens (including phenoxy) is 1. The molecule has 4 aromatic carbocycles. The Bertz CT molecular complexity index is 4630. The topological polar surface area (TPSA) is 278 Å². The molecular formula is C77H108ClN16O8S3+. The molecule has 13 rings (SSSR count). The van der Waals surface area contributed by atoms with Crippen molar-refractivity contribution in [2.45, 2.75) is 107 Å². The van der Waals surface area contributed by atoms with E-state index in [-0.39, 0.29) is 0 Å². The number of halogens is 1. The number of fused-ring (bicyclic) bond motifs is 4. The van der Waals surface area contributed by atoms with Crippen LogP contribution in [0.5, 0.6) is 0 Å². The van der Waals surface area contributed by atoms with Crippen LogP contribution in [-0.2, 0) is 35.2 Å². The highest BCUT2D eigenvalue weighted by Gasteiger charge is 2.29. The summed E-state index contributed by atoms with van der Waals surface area (Å²) in [7, 11) is -7.05. The van der Waals surface area contributed by atoms with E-state index >= 15 is 0 Å². The van der Waals surface area contributed by atoms with Crippen molar-refractivity contribution in [3.63, 3.8) is 0 Å². The number of nitrogens with two attached hydrogens (primary N) is 1. The summed E-state index contributed by atoms with van der Waals surface area (Å²) in [5.74, 6) is 0. The van der Waals surface area contributed by atoms with Crippen molar-refractivity contribution < 1.29 is 38.8 Å². The second-order valence-corrected chi connectivity index (χ2v) is 33.7. The number of pyridine rings is 5. The SMILES string of the molecule is C1CNCCNC1.CN(C)c1cc[n+](S(=O)(=O)NC(=O)OC(C)(C)C)cc1.Cc1cc2nccc(Cl)c2cc1C.Cc1cc2nccc(N3CCCN(S(C)(=O)=O)CC3)c2cc1C.Cc1cc2nccc(N3CCCN(S(N)(=O)=O)CC3)c2cc1C.Cc1cc2nccc(N3CCCNCC3)c2cc1C. The van der Waals surface area contributed by atoms with Gasteiger partial charge in [-0.05, 0) is 239 Å². The quantitative estimate of drug-likeness (QED) is 0.0884. The Morgan fingerprint density at radius 1 is 0.486 bits per heavy atom. The Morgan fingerprint density at radius 2 is 0.857 bits per heavy atom. The van der Waals surface area contributed by atoms with Crippen molar-refractivity contribution in [2.24, 2.45) is 5.14 Å². The minimum Gasteiger partial charge on any atom is -0.443 e. The van der Waals surface area contributed by atoms with Gasteiger partial charge in [-0.2, -0.15) is 17.4 Å². The molecule has 4 aliphatic rings. The van der Waals surface area contributed by atoms with Crippen LogP contribution < -0.4 is 49.4 Å². The van der Waals surface area contributed by atoms with Crippen molar-refractivity contribution in [3.8, 4) is 0 Å². The number of benzene rings is 4. The molecule has 105 heavy (non-hydrogen) atoms. The molecule has 5 aromatic heterocycles. The lowest BCUT2D eigenvalue weighted by molar-refractivity contribution is -0.512. The Morgan fingerprint density at radius 3 is 1.29 bits per heavy atom. The van der Waals surface area contributed by atoms with Crippen molar-refractivity contribution in [3.05, 3.63) is 172 Å². The average Bonchev–Trinajstić information content (AvgIpc) is 1.71. The summed E-state index contributed by atoms with van der Waals surface area (Å²) >= 11 is 6.04. The highest BCUT2D eigenvalue weighted by molar-refractivity contribution is 7.88. The highest BCUT2D eigenvalue weighted by atomic mass is 35.5. The zero-order chi connectivity index (χ0) is 76.4.